The van der Waals surface area contributed by atoms with E-state index < -0.39 is 0 Å². The molecule has 80 valence electrons. The number of rotatable bonds is 2. The molecule has 0 aliphatic heterocycles. The lowest BCUT2D eigenvalue weighted by molar-refractivity contribution is 0.115. The van der Waals surface area contributed by atoms with Crippen molar-refractivity contribution in [3.05, 3.63) is 48.0 Å². The Balaban J connectivity index is 2.11. The van der Waals surface area contributed by atoms with Gasteiger partial charge in [0.2, 0.25) is 0 Å². The summed E-state index contributed by atoms with van der Waals surface area (Å²) < 4.78 is 0. The number of hydrogen-bond acceptors (Lipinski definition) is 1. The lowest BCUT2D eigenvalue weighted by Crippen LogP contribution is -2.16. The minimum Gasteiger partial charge on any atom is -0.388 e. The first-order valence-electron chi connectivity index (χ1n) is 5.67. The molecule has 1 aliphatic carbocycles. The number of aliphatic hydroxyl groups is 1. The number of benzene rings is 1. The first-order chi connectivity index (χ1) is 7.27. The van der Waals surface area contributed by atoms with E-state index in [0.29, 0.717) is 5.92 Å². The van der Waals surface area contributed by atoms with Gasteiger partial charge in [-0.2, -0.15) is 0 Å². The average Bonchev–Trinajstić information content (AvgIpc) is 2.29. The van der Waals surface area contributed by atoms with Gasteiger partial charge in [-0.3, -0.25) is 0 Å². The van der Waals surface area contributed by atoms with Crippen molar-refractivity contribution in [1.82, 2.24) is 0 Å². The lowest BCUT2D eigenvalue weighted by Gasteiger charge is -2.26. The third kappa shape index (κ3) is 2.48. The Kier molecular flexibility index (Phi) is 3.22. The highest BCUT2D eigenvalue weighted by molar-refractivity contribution is 5.19. The molecule has 1 aliphatic rings. The monoisotopic (exact) mass is 202 g/mol. The summed E-state index contributed by atoms with van der Waals surface area (Å²) in [4.78, 5) is 0. The standard InChI is InChI=1S/C14H18O/c1-11-6-5-9-13(10-11)14(15)12-7-3-2-4-8-12/h2-5,7-9,11,13-15H,6,10H2,1H3/t11-,13+,14-/m0/s1. The van der Waals surface area contributed by atoms with E-state index in [0.717, 1.165) is 18.4 Å². The number of hydrogen-bond donors (Lipinski definition) is 1. The molecule has 1 aromatic carbocycles. The molecule has 0 bridgehead atoms. The molecule has 1 nitrogen and oxygen atoms in total. The Labute approximate surface area is 91.4 Å². The highest BCUT2D eigenvalue weighted by Crippen LogP contribution is 2.32. The van der Waals surface area contributed by atoms with E-state index in [-0.39, 0.29) is 12.0 Å². The normalized spacial score (nSPS) is 27.6. The first kappa shape index (κ1) is 10.4. The smallest absolute Gasteiger partial charge is 0.0852 e. The second kappa shape index (κ2) is 4.63. The minimum absolute atomic E-state index is 0.288. The molecule has 0 spiro atoms. The van der Waals surface area contributed by atoms with Crippen molar-refractivity contribution in [3.63, 3.8) is 0 Å². The Bertz CT molecular complexity index is 328. The second-order valence-corrected chi connectivity index (χ2v) is 4.52. The van der Waals surface area contributed by atoms with Gasteiger partial charge in [-0.15, -0.1) is 0 Å². The van der Waals surface area contributed by atoms with E-state index in [9.17, 15) is 5.11 Å². The molecule has 1 aromatic rings. The van der Waals surface area contributed by atoms with E-state index in [2.05, 4.69) is 19.1 Å². The van der Waals surface area contributed by atoms with Gasteiger partial charge in [0.05, 0.1) is 6.10 Å². The fourth-order valence-electron chi connectivity index (χ4n) is 2.26. The Morgan fingerprint density at radius 3 is 2.67 bits per heavy atom. The van der Waals surface area contributed by atoms with Crippen LogP contribution in [0.25, 0.3) is 0 Å². The van der Waals surface area contributed by atoms with Crippen LogP contribution in [-0.2, 0) is 0 Å². The average molecular weight is 202 g/mol. The van der Waals surface area contributed by atoms with Gasteiger partial charge in [-0.25, -0.2) is 0 Å². The van der Waals surface area contributed by atoms with E-state index in [1.165, 1.54) is 0 Å². The molecule has 0 unspecified atom stereocenters. The minimum atomic E-state index is -0.342. The molecular formula is C14H18O. The van der Waals surface area contributed by atoms with Gasteiger partial charge in [0.25, 0.3) is 0 Å². The molecular weight excluding hydrogens is 184 g/mol. The van der Waals surface area contributed by atoms with Gasteiger partial charge in [-0.05, 0) is 24.3 Å². The van der Waals surface area contributed by atoms with Gasteiger partial charge in [0.15, 0.2) is 0 Å². The van der Waals surface area contributed by atoms with Crippen LogP contribution < -0.4 is 0 Å². The highest BCUT2D eigenvalue weighted by atomic mass is 16.3. The molecule has 0 amide bonds. The van der Waals surface area contributed by atoms with Crippen LogP contribution in [0.1, 0.15) is 31.4 Å². The van der Waals surface area contributed by atoms with Crippen molar-refractivity contribution < 1.29 is 5.11 Å². The summed E-state index contributed by atoms with van der Waals surface area (Å²) >= 11 is 0. The second-order valence-electron chi connectivity index (χ2n) is 4.52. The molecule has 0 aromatic heterocycles. The van der Waals surface area contributed by atoms with E-state index >= 15 is 0 Å². The molecule has 3 atom stereocenters. The fourth-order valence-corrected chi connectivity index (χ4v) is 2.26. The molecule has 15 heavy (non-hydrogen) atoms. The SMILES string of the molecule is C[C@H]1CC=C[C@@H]([C@@H](O)c2ccccc2)C1. The van der Waals surface area contributed by atoms with Crippen LogP contribution in [0.15, 0.2) is 42.5 Å². The topological polar surface area (TPSA) is 20.2 Å². The summed E-state index contributed by atoms with van der Waals surface area (Å²) in [6.45, 7) is 2.24. The zero-order chi connectivity index (χ0) is 10.7. The highest BCUT2D eigenvalue weighted by Gasteiger charge is 2.22. The molecule has 0 saturated carbocycles. The van der Waals surface area contributed by atoms with Gasteiger partial charge in [0.1, 0.15) is 0 Å². The molecule has 1 N–H and O–H groups in total. The van der Waals surface area contributed by atoms with E-state index in [4.69, 9.17) is 0 Å². The van der Waals surface area contributed by atoms with Crippen LogP contribution >= 0.6 is 0 Å². The Morgan fingerprint density at radius 2 is 2.00 bits per heavy atom. The van der Waals surface area contributed by atoms with E-state index in [1.54, 1.807) is 0 Å². The van der Waals surface area contributed by atoms with Crippen molar-refractivity contribution in [1.29, 1.82) is 0 Å². The maximum absolute atomic E-state index is 10.2. The largest absolute Gasteiger partial charge is 0.388 e. The van der Waals surface area contributed by atoms with Crippen molar-refractivity contribution in [3.8, 4) is 0 Å². The fraction of sp³-hybridized carbons (Fsp3) is 0.429. The molecule has 0 heterocycles. The third-order valence-corrected chi connectivity index (χ3v) is 3.14. The van der Waals surface area contributed by atoms with Crippen molar-refractivity contribution in [2.24, 2.45) is 11.8 Å². The van der Waals surface area contributed by atoms with Crippen LogP contribution in [0.4, 0.5) is 0 Å². The lowest BCUT2D eigenvalue weighted by atomic mass is 9.82. The predicted molar refractivity (Wildman–Crippen MR) is 62.4 cm³/mol. The van der Waals surface area contributed by atoms with Crippen molar-refractivity contribution in [2.45, 2.75) is 25.9 Å². The summed E-state index contributed by atoms with van der Waals surface area (Å²) in [7, 11) is 0. The van der Waals surface area contributed by atoms with Gasteiger partial charge in [-0.1, -0.05) is 49.4 Å². The van der Waals surface area contributed by atoms with Crippen LogP contribution in [0.5, 0.6) is 0 Å². The predicted octanol–water partition coefficient (Wildman–Crippen LogP) is 3.32. The molecule has 0 saturated heterocycles. The van der Waals surface area contributed by atoms with Crippen LogP contribution in [0, 0.1) is 11.8 Å². The van der Waals surface area contributed by atoms with Gasteiger partial charge in [0, 0.05) is 5.92 Å². The zero-order valence-corrected chi connectivity index (χ0v) is 9.13. The maximum atomic E-state index is 10.2. The van der Waals surface area contributed by atoms with Crippen LogP contribution in [0.2, 0.25) is 0 Å². The zero-order valence-electron chi connectivity index (χ0n) is 9.13. The van der Waals surface area contributed by atoms with Gasteiger partial charge < -0.3 is 5.11 Å². The summed E-state index contributed by atoms with van der Waals surface area (Å²) in [6, 6.07) is 9.94. The summed E-state index contributed by atoms with van der Waals surface area (Å²) in [5.74, 6) is 0.981. The molecule has 1 heteroatoms. The quantitative estimate of drug-likeness (QED) is 0.729. The Hall–Kier alpha value is -1.08. The van der Waals surface area contributed by atoms with Crippen molar-refractivity contribution in [2.75, 3.05) is 0 Å². The number of allylic oxidation sites excluding steroid dienone is 1. The van der Waals surface area contributed by atoms with Crippen molar-refractivity contribution >= 4 is 0 Å². The van der Waals surface area contributed by atoms with Crippen LogP contribution in [-0.4, -0.2) is 5.11 Å². The molecule has 0 fully saturated rings. The van der Waals surface area contributed by atoms with Crippen LogP contribution in [0.3, 0.4) is 0 Å². The third-order valence-electron chi connectivity index (χ3n) is 3.14. The van der Waals surface area contributed by atoms with E-state index in [1.807, 2.05) is 30.3 Å². The molecule has 0 radical (unpaired) electrons. The van der Waals surface area contributed by atoms with Gasteiger partial charge >= 0.3 is 0 Å². The molecule has 2 rings (SSSR count). The summed E-state index contributed by atoms with van der Waals surface area (Å²) in [6.07, 6.45) is 6.26. The maximum Gasteiger partial charge on any atom is 0.0852 e. The number of aliphatic hydroxyl groups excluding tert-OH is 1. The summed E-state index contributed by atoms with van der Waals surface area (Å²) in [5.41, 5.74) is 1.03. The first-order valence-corrected chi connectivity index (χ1v) is 5.67. The Morgan fingerprint density at radius 1 is 1.27 bits per heavy atom. The summed E-state index contributed by atoms with van der Waals surface area (Å²) in [5, 5.41) is 10.2.